The van der Waals surface area contributed by atoms with Crippen LogP contribution < -0.4 is 0 Å². The van der Waals surface area contributed by atoms with Crippen molar-refractivity contribution >= 4 is 0 Å². The Labute approximate surface area is 114 Å². The molecule has 0 saturated heterocycles. The van der Waals surface area contributed by atoms with E-state index in [0.29, 0.717) is 12.2 Å². The highest BCUT2D eigenvalue weighted by Gasteiger charge is 2.19. The van der Waals surface area contributed by atoms with E-state index in [9.17, 15) is 5.11 Å². The molecule has 1 rings (SSSR count). The molecule has 0 spiro atoms. The van der Waals surface area contributed by atoms with E-state index in [0.717, 1.165) is 12.0 Å². The summed E-state index contributed by atoms with van der Waals surface area (Å²) < 4.78 is 0. The first-order valence-electron chi connectivity index (χ1n) is 7.16. The molecule has 0 aromatic rings. The molecule has 0 amide bonds. The Morgan fingerprint density at radius 1 is 1.00 bits per heavy atom. The van der Waals surface area contributed by atoms with E-state index in [-0.39, 0.29) is 5.41 Å². The summed E-state index contributed by atoms with van der Waals surface area (Å²) in [5.74, 6) is 0.535. The third kappa shape index (κ3) is 9.09. The molecule has 0 aromatic heterocycles. The lowest BCUT2D eigenvalue weighted by molar-refractivity contribution is 0.360. The van der Waals surface area contributed by atoms with Crippen molar-refractivity contribution in [2.45, 2.75) is 67.7 Å². The van der Waals surface area contributed by atoms with Crippen molar-refractivity contribution in [3.05, 3.63) is 35.6 Å². The fourth-order valence-corrected chi connectivity index (χ4v) is 1.50. The molecule has 0 bridgehead atoms. The second-order valence-electron chi connectivity index (χ2n) is 5.15. The van der Waals surface area contributed by atoms with Crippen molar-refractivity contribution in [2.24, 2.45) is 5.41 Å². The standard InChI is InChI=1S/C12H18O.C3H8.C2H6/c1-12(2,3)10-8-6-4-5-7-9-11(10)13;1-3-2;1-2/h4-7,13H,8-9H2,1-3H3;3H2,1-2H3;1-2H3/b6-4?,7-5-,11-10-;;. The number of allylic oxidation sites excluding steroid dienone is 5. The van der Waals surface area contributed by atoms with Crippen LogP contribution in [-0.4, -0.2) is 5.11 Å². The molecule has 1 N–H and O–H groups in total. The van der Waals surface area contributed by atoms with Gasteiger partial charge in [-0.25, -0.2) is 0 Å². The minimum absolute atomic E-state index is 0.0691. The second-order valence-corrected chi connectivity index (χ2v) is 5.15. The first-order valence-corrected chi connectivity index (χ1v) is 7.16. The van der Waals surface area contributed by atoms with E-state index < -0.39 is 0 Å². The lowest BCUT2D eigenvalue weighted by Gasteiger charge is -2.24. The van der Waals surface area contributed by atoms with Gasteiger partial charge in [0.05, 0.1) is 5.76 Å². The molecule has 1 nitrogen and oxygen atoms in total. The topological polar surface area (TPSA) is 20.2 Å². The maximum atomic E-state index is 9.80. The van der Waals surface area contributed by atoms with Crippen LogP contribution in [0.3, 0.4) is 0 Å². The SMILES string of the molecule is CC.CC(C)(C)/C1=C(\O)C/C=C\C=CC1.CCC. The van der Waals surface area contributed by atoms with E-state index >= 15 is 0 Å². The van der Waals surface area contributed by atoms with Gasteiger partial charge in [-0.1, -0.05) is 79.2 Å². The van der Waals surface area contributed by atoms with Crippen LogP contribution in [0.4, 0.5) is 0 Å². The van der Waals surface area contributed by atoms with Crippen LogP contribution in [0.5, 0.6) is 0 Å². The Kier molecular flexibility index (Phi) is 12.0. The van der Waals surface area contributed by atoms with Crippen LogP contribution in [0.1, 0.15) is 67.7 Å². The Morgan fingerprint density at radius 2 is 1.39 bits per heavy atom. The molecular formula is C17H32O. The normalized spacial score (nSPS) is 20.6. The third-order valence-electron chi connectivity index (χ3n) is 2.27. The van der Waals surface area contributed by atoms with Crippen molar-refractivity contribution in [3.8, 4) is 0 Å². The predicted octanol–water partition coefficient (Wildman–Crippen LogP) is 6.19. The van der Waals surface area contributed by atoms with Gasteiger partial charge in [0.2, 0.25) is 0 Å². The summed E-state index contributed by atoms with van der Waals surface area (Å²) in [6.07, 6.45) is 10.9. The summed E-state index contributed by atoms with van der Waals surface area (Å²) in [6, 6.07) is 0. The van der Waals surface area contributed by atoms with Crippen LogP contribution in [0.2, 0.25) is 0 Å². The van der Waals surface area contributed by atoms with Gasteiger partial charge in [-0.2, -0.15) is 0 Å². The molecule has 1 aliphatic rings. The monoisotopic (exact) mass is 252 g/mol. The zero-order chi connectivity index (χ0) is 14.6. The van der Waals surface area contributed by atoms with E-state index in [4.69, 9.17) is 0 Å². The highest BCUT2D eigenvalue weighted by atomic mass is 16.3. The Hall–Kier alpha value is -0.980. The fraction of sp³-hybridized carbons (Fsp3) is 0.647. The van der Waals surface area contributed by atoms with E-state index in [1.165, 1.54) is 6.42 Å². The second kappa shape index (κ2) is 11.1. The lowest BCUT2D eigenvalue weighted by Crippen LogP contribution is -2.12. The number of aliphatic hydroxyl groups excluding tert-OH is 1. The first-order chi connectivity index (χ1) is 8.43. The Balaban J connectivity index is 0. The van der Waals surface area contributed by atoms with Crippen LogP contribution >= 0.6 is 0 Å². The minimum Gasteiger partial charge on any atom is -0.512 e. The average Bonchev–Trinajstić information content (AvgIpc) is 2.26. The van der Waals surface area contributed by atoms with Crippen molar-refractivity contribution in [3.63, 3.8) is 0 Å². The third-order valence-corrected chi connectivity index (χ3v) is 2.27. The molecule has 1 heteroatoms. The highest BCUT2D eigenvalue weighted by molar-refractivity contribution is 5.23. The Bertz CT molecular complexity index is 274. The van der Waals surface area contributed by atoms with Gasteiger partial charge in [0.1, 0.15) is 0 Å². The van der Waals surface area contributed by atoms with Gasteiger partial charge in [0, 0.05) is 6.42 Å². The minimum atomic E-state index is 0.0691. The van der Waals surface area contributed by atoms with Gasteiger partial charge in [0.15, 0.2) is 0 Å². The maximum absolute atomic E-state index is 9.80. The number of rotatable bonds is 0. The van der Waals surface area contributed by atoms with E-state index in [1.54, 1.807) is 0 Å². The van der Waals surface area contributed by atoms with Crippen molar-refractivity contribution in [1.29, 1.82) is 0 Å². The maximum Gasteiger partial charge on any atom is 0.0960 e. The molecule has 0 aromatic carbocycles. The number of aliphatic hydroxyl groups is 1. The summed E-state index contributed by atoms with van der Waals surface area (Å²) in [5.41, 5.74) is 1.22. The van der Waals surface area contributed by atoms with Gasteiger partial charge in [0.25, 0.3) is 0 Å². The van der Waals surface area contributed by atoms with E-state index in [1.807, 2.05) is 32.1 Å². The summed E-state index contributed by atoms with van der Waals surface area (Å²) in [6.45, 7) is 14.7. The molecule has 0 atom stereocenters. The zero-order valence-electron chi connectivity index (χ0n) is 13.4. The smallest absolute Gasteiger partial charge is 0.0960 e. The van der Waals surface area contributed by atoms with Gasteiger partial charge < -0.3 is 5.11 Å². The molecule has 0 unspecified atom stereocenters. The van der Waals surface area contributed by atoms with Crippen LogP contribution in [0, 0.1) is 5.41 Å². The molecule has 0 aliphatic heterocycles. The van der Waals surface area contributed by atoms with E-state index in [2.05, 4.69) is 40.7 Å². The molecule has 0 radical (unpaired) electrons. The van der Waals surface area contributed by atoms with Gasteiger partial charge in [-0.15, -0.1) is 0 Å². The molecule has 0 fully saturated rings. The van der Waals surface area contributed by atoms with Crippen molar-refractivity contribution in [1.82, 2.24) is 0 Å². The fourth-order valence-electron chi connectivity index (χ4n) is 1.50. The molecule has 106 valence electrons. The quantitative estimate of drug-likeness (QED) is 0.544. The molecule has 1 aliphatic carbocycles. The highest BCUT2D eigenvalue weighted by Crippen LogP contribution is 2.32. The summed E-state index contributed by atoms with van der Waals surface area (Å²) in [4.78, 5) is 0. The zero-order valence-corrected chi connectivity index (χ0v) is 13.4. The largest absolute Gasteiger partial charge is 0.512 e. The van der Waals surface area contributed by atoms with Crippen molar-refractivity contribution < 1.29 is 5.11 Å². The predicted molar refractivity (Wildman–Crippen MR) is 83.9 cm³/mol. The van der Waals surface area contributed by atoms with Crippen LogP contribution in [0.15, 0.2) is 35.6 Å². The van der Waals surface area contributed by atoms with Gasteiger partial charge in [-0.05, 0) is 17.4 Å². The lowest BCUT2D eigenvalue weighted by atomic mass is 9.82. The molecular weight excluding hydrogens is 220 g/mol. The first kappa shape index (κ1) is 19.4. The van der Waals surface area contributed by atoms with Crippen LogP contribution in [-0.2, 0) is 0 Å². The van der Waals surface area contributed by atoms with Gasteiger partial charge >= 0.3 is 0 Å². The number of hydrogen-bond donors (Lipinski definition) is 1. The van der Waals surface area contributed by atoms with Gasteiger partial charge in [-0.3, -0.25) is 0 Å². The average molecular weight is 252 g/mol. The molecule has 0 heterocycles. The van der Waals surface area contributed by atoms with Crippen molar-refractivity contribution in [2.75, 3.05) is 0 Å². The van der Waals surface area contributed by atoms with Crippen LogP contribution in [0.25, 0.3) is 0 Å². The Morgan fingerprint density at radius 3 is 1.78 bits per heavy atom. The summed E-state index contributed by atoms with van der Waals surface area (Å²) in [7, 11) is 0. The summed E-state index contributed by atoms with van der Waals surface area (Å²) >= 11 is 0. The summed E-state index contributed by atoms with van der Waals surface area (Å²) in [5, 5.41) is 9.80. The number of hydrogen-bond acceptors (Lipinski definition) is 1. The molecule has 18 heavy (non-hydrogen) atoms. The molecule has 0 saturated carbocycles.